The Bertz CT molecular complexity index is 1120. The van der Waals surface area contributed by atoms with Crippen molar-refractivity contribution >= 4 is 17.9 Å². The largest absolute Gasteiger partial charge is 0.462 e. The maximum atomic E-state index is 12.9. The van der Waals surface area contributed by atoms with Crippen LogP contribution in [0.1, 0.15) is 271 Å². The maximum absolute atomic E-state index is 12.9. The molecule has 0 aliphatic carbocycles. The second-order valence-electron chi connectivity index (χ2n) is 19.2. The summed E-state index contributed by atoms with van der Waals surface area (Å²) in [6.07, 6.45) is 50.8. The Morgan fingerprint density at radius 1 is 0.388 bits per heavy atom. The van der Waals surface area contributed by atoms with Crippen LogP contribution in [-0.2, 0) is 33.3 Å². The highest BCUT2D eigenvalue weighted by molar-refractivity contribution is 5.71. The maximum Gasteiger partial charge on any atom is 0.306 e. The summed E-state index contributed by atoms with van der Waals surface area (Å²) >= 11 is 0. The normalized spacial score (nSPS) is 13.7. The van der Waals surface area contributed by atoms with Gasteiger partial charge in [-0.3, -0.25) is 14.4 Å². The molecule has 0 saturated carbocycles. The average molecular weight is 947 g/mol. The van der Waals surface area contributed by atoms with E-state index in [4.69, 9.17) is 18.9 Å². The predicted molar refractivity (Wildman–Crippen MR) is 279 cm³/mol. The van der Waals surface area contributed by atoms with Crippen molar-refractivity contribution in [2.24, 2.45) is 0 Å². The first-order valence-corrected chi connectivity index (χ1v) is 28.1. The Hall–Kier alpha value is -2.49. The summed E-state index contributed by atoms with van der Waals surface area (Å²) < 4.78 is 22.4. The van der Waals surface area contributed by atoms with Crippen molar-refractivity contribution < 1.29 is 43.5 Å². The van der Waals surface area contributed by atoms with Gasteiger partial charge in [-0.2, -0.15) is 0 Å². The second-order valence-corrected chi connectivity index (χ2v) is 19.2. The molecule has 3 unspecified atom stereocenters. The molecule has 392 valence electrons. The van der Waals surface area contributed by atoms with E-state index in [0.29, 0.717) is 18.9 Å². The molecular weight excluding hydrogens is 841 g/mol. The lowest BCUT2D eigenvalue weighted by Gasteiger charge is -2.18. The molecular formula is C58H106O9. The van der Waals surface area contributed by atoms with E-state index in [2.05, 4.69) is 57.2 Å². The van der Waals surface area contributed by atoms with Crippen LogP contribution in [0.25, 0.3) is 0 Å². The molecule has 2 N–H and O–H groups in total. The molecule has 0 heterocycles. The highest BCUT2D eigenvalue weighted by Gasteiger charge is 2.19. The van der Waals surface area contributed by atoms with Crippen LogP contribution >= 0.6 is 0 Å². The van der Waals surface area contributed by atoms with Gasteiger partial charge in [0.25, 0.3) is 0 Å². The fourth-order valence-electron chi connectivity index (χ4n) is 8.15. The highest BCUT2D eigenvalue weighted by atomic mass is 16.6. The Balaban J connectivity index is 4.55. The lowest BCUT2D eigenvalue weighted by Crippen LogP contribution is -2.30. The van der Waals surface area contributed by atoms with Crippen molar-refractivity contribution in [1.82, 2.24) is 0 Å². The van der Waals surface area contributed by atoms with Gasteiger partial charge in [0.15, 0.2) is 6.10 Å². The van der Waals surface area contributed by atoms with E-state index in [0.717, 1.165) is 167 Å². The van der Waals surface area contributed by atoms with Gasteiger partial charge >= 0.3 is 17.9 Å². The lowest BCUT2D eigenvalue weighted by atomic mass is 10.1. The smallest absolute Gasteiger partial charge is 0.306 e. The minimum atomic E-state index is -0.827. The fraction of sp³-hybridized carbons (Fsp3) is 0.845. The van der Waals surface area contributed by atoms with Crippen molar-refractivity contribution in [2.75, 3.05) is 20.3 Å². The van der Waals surface area contributed by atoms with E-state index in [9.17, 15) is 24.6 Å². The van der Waals surface area contributed by atoms with E-state index in [-0.39, 0.29) is 49.8 Å². The molecule has 0 fully saturated rings. The number of unbranched alkanes of at least 4 members (excludes halogenated alkanes) is 24. The molecule has 0 aliphatic rings. The van der Waals surface area contributed by atoms with Gasteiger partial charge in [-0.1, -0.05) is 192 Å². The third-order valence-electron chi connectivity index (χ3n) is 12.6. The SMILES string of the molecule is CCCCCCC(O)C/C=C/CCCCCCCC(=O)OCC(COC(=O)CCCCCCC/C=C/CC(O)CCCCCC)OC(=O)CCCCCCC/C=C/CC(CCCCCC)OC. The van der Waals surface area contributed by atoms with Gasteiger partial charge < -0.3 is 29.2 Å². The molecule has 0 radical (unpaired) electrons. The number of carbonyl (C=O) groups is 3. The zero-order chi connectivity index (χ0) is 49.1. The molecule has 0 aromatic heterocycles. The van der Waals surface area contributed by atoms with E-state index < -0.39 is 6.10 Å². The molecule has 67 heavy (non-hydrogen) atoms. The lowest BCUT2D eigenvalue weighted by molar-refractivity contribution is -0.167. The number of rotatable bonds is 51. The van der Waals surface area contributed by atoms with E-state index in [1.54, 1.807) is 0 Å². The first-order valence-electron chi connectivity index (χ1n) is 28.1. The number of hydrogen-bond acceptors (Lipinski definition) is 9. The van der Waals surface area contributed by atoms with Crippen LogP contribution in [0, 0.1) is 0 Å². The molecule has 0 bridgehead atoms. The summed E-state index contributed by atoms with van der Waals surface area (Å²) in [6.45, 7) is 6.39. The zero-order valence-corrected chi connectivity index (χ0v) is 44.0. The molecule has 0 aromatic carbocycles. The number of aliphatic hydroxyl groups is 2. The molecule has 0 saturated heterocycles. The van der Waals surface area contributed by atoms with Crippen LogP contribution in [-0.4, -0.2) is 72.9 Å². The standard InChI is InChI=1S/C58H106O9/c1-5-8-11-32-41-52(59)43-34-26-20-14-17-23-29-38-47-56(61)65-50-55(51-66-57(62)48-39-30-24-18-15-21-27-35-44-53(60)42-33-12-9-6-2)67-58(63)49-40-31-25-19-16-22-28-37-46-54(64-4)45-36-13-10-7-3/h26-28,34-35,37,52-55,59-60H,5-25,29-33,36,38-51H2,1-4H3/b34-26+,35-27+,37-28+. The summed E-state index contributed by atoms with van der Waals surface area (Å²) in [5, 5.41) is 20.2. The first-order chi connectivity index (χ1) is 32.7. The van der Waals surface area contributed by atoms with Gasteiger partial charge in [-0.15, -0.1) is 0 Å². The summed E-state index contributed by atoms with van der Waals surface area (Å²) in [4.78, 5) is 38.2. The summed E-state index contributed by atoms with van der Waals surface area (Å²) in [7, 11) is 1.81. The molecule has 3 atom stereocenters. The Morgan fingerprint density at radius 3 is 1.13 bits per heavy atom. The Labute approximate surface area is 412 Å². The van der Waals surface area contributed by atoms with Gasteiger partial charge in [0.05, 0.1) is 18.3 Å². The third-order valence-corrected chi connectivity index (χ3v) is 12.6. The zero-order valence-electron chi connectivity index (χ0n) is 44.0. The highest BCUT2D eigenvalue weighted by Crippen LogP contribution is 2.16. The van der Waals surface area contributed by atoms with Crippen LogP contribution in [0.3, 0.4) is 0 Å². The van der Waals surface area contributed by atoms with Crippen LogP contribution in [0.15, 0.2) is 36.5 Å². The topological polar surface area (TPSA) is 129 Å². The van der Waals surface area contributed by atoms with Gasteiger partial charge in [0, 0.05) is 26.4 Å². The molecule has 0 rings (SSSR count). The van der Waals surface area contributed by atoms with Crippen LogP contribution in [0.5, 0.6) is 0 Å². The monoisotopic (exact) mass is 947 g/mol. The molecule has 9 nitrogen and oxygen atoms in total. The van der Waals surface area contributed by atoms with E-state index in [1.165, 1.54) is 64.2 Å². The number of aliphatic hydroxyl groups excluding tert-OH is 2. The fourth-order valence-corrected chi connectivity index (χ4v) is 8.15. The van der Waals surface area contributed by atoms with Crippen molar-refractivity contribution in [1.29, 1.82) is 0 Å². The minimum Gasteiger partial charge on any atom is -0.462 e. The van der Waals surface area contributed by atoms with Crippen LogP contribution < -0.4 is 0 Å². The number of ether oxygens (including phenoxy) is 4. The molecule has 0 amide bonds. The van der Waals surface area contributed by atoms with Gasteiger partial charge in [0.2, 0.25) is 0 Å². The molecule has 0 aromatic rings. The third kappa shape index (κ3) is 48.3. The van der Waals surface area contributed by atoms with Crippen molar-refractivity contribution in [3.63, 3.8) is 0 Å². The van der Waals surface area contributed by atoms with E-state index >= 15 is 0 Å². The van der Waals surface area contributed by atoms with Crippen LogP contribution in [0.4, 0.5) is 0 Å². The van der Waals surface area contributed by atoms with Gasteiger partial charge in [-0.25, -0.2) is 0 Å². The summed E-state index contributed by atoms with van der Waals surface area (Å²) in [6, 6.07) is 0. The van der Waals surface area contributed by atoms with Gasteiger partial charge in [-0.05, 0) is 96.3 Å². The van der Waals surface area contributed by atoms with E-state index in [1.807, 2.05) is 7.11 Å². The molecule has 0 aliphatic heterocycles. The summed E-state index contributed by atoms with van der Waals surface area (Å²) in [5.41, 5.74) is 0. The number of esters is 3. The minimum absolute atomic E-state index is 0.124. The first kappa shape index (κ1) is 64.5. The predicted octanol–water partition coefficient (Wildman–Crippen LogP) is 15.7. The molecule has 0 spiro atoms. The van der Waals surface area contributed by atoms with Crippen LogP contribution in [0.2, 0.25) is 0 Å². The quantitative estimate of drug-likeness (QED) is 0.0265. The number of hydrogen-bond donors (Lipinski definition) is 2. The second kappa shape index (κ2) is 51.4. The average Bonchev–Trinajstić information content (AvgIpc) is 3.32. The number of allylic oxidation sites excluding steroid dienone is 3. The van der Waals surface area contributed by atoms with Crippen molar-refractivity contribution in [3.05, 3.63) is 36.5 Å². The van der Waals surface area contributed by atoms with Crippen molar-refractivity contribution in [2.45, 2.75) is 296 Å². The van der Waals surface area contributed by atoms with Gasteiger partial charge in [0.1, 0.15) is 13.2 Å². The molecule has 9 heteroatoms. The Morgan fingerprint density at radius 2 is 0.731 bits per heavy atom. The number of methoxy groups -OCH3 is 1. The van der Waals surface area contributed by atoms with Crippen molar-refractivity contribution in [3.8, 4) is 0 Å². The number of carbonyl (C=O) groups excluding carboxylic acids is 3. The summed E-state index contributed by atoms with van der Waals surface area (Å²) in [5.74, 6) is -1.01. The Kier molecular flexibility index (Phi) is 49.5.